The van der Waals surface area contributed by atoms with Crippen molar-refractivity contribution in [1.29, 1.82) is 0 Å². The zero-order chi connectivity index (χ0) is 15.4. The van der Waals surface area contributed by atoms with Gasteiger partial charge in [-0.15, -0.1) is 0 Å². The smallest absolute Gasteiger partial charge is 0.190 e. The molecule has 114 valence electrons. The third-order valence-electron chi connectivity index (χ3n) is 3.62. The number of benzene rings is 1. The Morgan fingerprint density at radius 3 is 2.82 bits per heavy atom. The Labute approximate surface area is 135 Å². The van der Waals surface area contributed by atoms with Crippen molar-refractivity contribution >= 4 is 23.0 Å². The van der Waals surface area contributed by atoms with Crippen molar-refractivity contribution in [2.24, 2.45) is 5.10 Å². The molecule has 0 radical (unpaired) electrons. The molecule has 2 heterocycles. The molecule has 1 aliphatic heterocycles. The Morgan fingerprint density at radius 2 is 2.14 bits per heavy atom. The van der Waals surface area contributed by atoms with Crippen LogP contribution in [0.15, 0.2) is 58.2 Å². The molecular formula is C17H19N3OS. The summed E-state index contributed by atoms with van der Waals surface area (Å²) < 4.78 is 5.58. The minimum absolute atomic E-state index is 0.0158. The van der Waals surface area contributed by atoms with E-state index < -0.39 is 0 Å². The molecule has 3 rings (SSSR count). The maximum absolute atomic E-state index is 5.58. The predicted octanol–water partition coefficient (Wildman–Crippen LogP) is 3.72. The van der Waals surface area contributed by atoms with E-state index in [1.807, 2.05) is 35.3 Å². The van der Waals surface area contributed by atoms with E-state index in [0.717, 1.165) is 36.4 Å². The number of hydrogen-bond donors (Lipinski definition) is 1. The van der Waals surface area contributed by atoms with Crippen LogP contribution in [-0.4, -0.2) is 22.4 Å². The summed E-state index contributed by atoms with van der Waals surface area (Å²) in [7, 11) is 0. The molecule has 1 unspecified atom stereocenters. The number of rotatable bonds is 4. The lowest BCUT2D eigenvalue weighted by Crippen LogP contribution is -2.37. The minimum atomic E-state index is 0.0158. The van der Waals surface area contributed by atoms with Crippen LogP contribution >= 0.6 is 12.2 Å². The van der Waals surface area contributed by atoms with Crippen molar-refractivity contribution in [2.45, 2.75) is 25.8 Å². The maximum atomic E-state index is 5.58. The van der Waals surface area contributed by atoms with Gasteiger partial charge in [0, 0.05) is 13.0 Å². The lowest BCUT2D eigenvalue weighted by atomic mass is 10.0. The topological polar surface area (TPSA) is 40.8 Å². The zero-order valence-corrected chi connectivity index (χ0v) is 13.3. The molecule has 1 aliphatic rings. The molecule has 0 fully saturated rings. The summed E-state index contributed by atoms with van der Waals surface area (Å²) in [4.78, 5) is 0. The van der Waals surface area contributed by atoms with Crippen LogP contribution < -0.4 is 5.32 Å². The highest BCUT2D eigenvalue weighted by atomic mass is 32.1. The highest BCUT2D eigenvalue weighted by molar-refractivity contribution is 7.80. The van der Waals surface area contributed by atoms with Crippen molar-refractivity contribution in [1.82, 2.24) is 10.3 Å². The second-order valence-electron chi connectivity index (χ2n) is 5.22. The summed E-state index contributed by atoms with van der Waals surface area (Å²) in [5, 5.41) is 10.5. The Balaban J connectivity index is 1.87. The monoisotopic (exact) mass is 313 g/mol. The summed E-state index contributed by atoms with van der Waals surface area (Å²) in [5.41, 5.74) is 2.16. The van der Waals surface area contributed by atoms with Gasteiger partial charge in [-0.05, 0) is 36.3 Å². The second kappa shape index (κ2) is 6.75. The first-order valence-electron chi connectivity index (χ1n) is 7.53. The van der Waals surface area contributed by atoms with Crippen molar-refractivity contribution < 1.29 is 4.42 Å². The molecule has 0 saturated heterocycles. The fourth-order valence-corrected chi connectivity index (χ4v) is 2.79. The summed E-state index contributed by atoms with van der Waals surface area (Å²) in [5.74, 6) is 0.885. The molecular weight excluding hydrogens is 294 g/mol. The number of thiocarbonyl (C=S) groups is 1. The molecule has 1 N–H and O–H groups in total. The SMILES string of the molecule is CCCNC(=S)N1N=C(c2ccccc2)CC1c1ccco1. The Kier molecular flexibility index (Phi) is 4.53. The highest BCUT2D eigenvalue weighted by Gasteiger charge is 2.32. The van der Waals surface area contributed by atoms with Gasteiger partial charge in [-0.25, -0.2) is 5.01 Å². The lowest BCUT2D eigenvalue weighted by Gasteiger charge is -2.22. The Morgan fingerprint density at radius 1 is 1.32 bits per heavy atom. The van der Waals surface area contributed by atoms with Crippen molar-refractivity contribution in [3.05, 3.63) is 60.1 Å². The van der Waals surface area contributed by atoms with Gasteiger partial charge in [-0.3, -0.25) is 0 Å². The average Bonchev–Trinajstić information content (AvgIpc) is 3.22. The van der Waals surface area contributed by atoms with E-state index in [1.54, 1.807) is 6.26 Å². The number of hydrazone groups is 1. The van der Waals surface area contributed by atoms with Crippen LogP contribution in [0.2, 0.25) is 0 Å². The fourth-order valence-electron chi connectivity index (χ4n) is 2.52. The number of nitrogens with zero attached hydrogens (tertiary/aromatic N) is 2. The number of nitrogens with one attached hydrogen (secondary N) is 1. The Hall–Kier alpha value is -2.14. The molecule has 0 saturated carbocycles. The quantitative estimate of drug-likeness (QED) is 0.874. The van der Waals surface area contributed by atoms with Gasteiger partial charge in [0.05, 0.1) is 12.0 Å². The molecule has 1 aromatic heterocycles. The minimum Gasteiger partial charge on any atom is -0.467 e. The van der Waals surface area contributed by atoms with E-state index >= 15 is 0 Å². The van der Waals surface area contributed by atoms with Gasteiger partial charge in [-0.1, -0.05) is 37.3 Å². The third-order valence-corrected chi connectivity index (χ3v) is 3.95. The molecule has 4 nitrogen and oxygen atoms in total. The average molecular weight is 313 g/mol. The largest absolute Gasteiger partial charge is 0.467 e. The zero-order valence-electron chi connectivity index (χ0n) is 12.5. The fraction of sp³-hybridized carbons (Fsp3) is 0.294. The second-order valence-corrected chi connectivity index (χ2v) is 5.61. The van der Waals surface area contributed by atoms with E-state index in [-0.39, 0.29) is 6.04 Å². The summed E-state index contributed by atoms with van der Waals surface area (Å²) in [6, 6.07) is 14.1. The molecule has 1 atom stereocenters. The number of hydrogen-bond acceptors (Lipinski definition) is 3. The first kappa shape index (κ1) is 14.8. The van der Waals surface area contributed by atoms with E-state index in [1.165, 1.54) is 0 Å². The molecule has 0 spiro atoms. The molecule has 5 heteroatoms. The first-order valence-corrected chi connectivity index (χ1v) is 7.93. The first-order chi connectivity index (χ1) is 10.8. The standard InChI is InChI=1S/C17H19N3OS/c1-2-10-18-17(22)20-15(16-9-6-11-21-16)12-14(19-20)13-7-4-3-5-8-13/h3-9,11,15H,2,10,12H2,1H3,(H,18,22). The van der Waals surface area contributed by atoms with E-state index in [4.69, 9.17) is 21.7 Å². The van der Waals surface area contributed by atoms with Crippen molar-refractivity contribution in [3.8, 4) is 0 Å². The van der Waals surface area contributed by atoms with Gasteiger partial charge in [-0.2, -0.15) is 5.10 Å². The number of furan rings is 1. The van der Waals surface area contributed by atoms with Gasteiger partial charge in [0.1, 0.15) is 11.8 Å². The molecule has 1 aromatic carbocycles. The molecule has 0 aliphatic carbocycles. The van der Waals surface area contributed by atoms with E-state index in [2.05, 4.69) is 24.4 Å². The van der Waals surface area contributed by atoms with Gasteiger partial charge < -0.3 is 9.73 Å². The lowest BCUT2D eigenvalue weighted by molar-refractivity contribution is 0.310. The van der Waals surface area contributed by atoms with Crippen LogP contribution in [0.5, 0.6) is 0 Å². The molecule has 2 aromatic rings. The Bertz CT molecular complexity index is 652. The van der Waals surface area contributed by atoms with Gasteiger partial charge in [0.2, 0.25) is 0 Å². The van der Waals surface area contributed by atoms with Crippen LogP contribution in [0, 0.1) is 0 Å². The van der Waals surface area contributed by atoms with Gasteiger partial charge in [0.25, 0.3) is 0 Å². The van der Waals surface area contributed by atoms with Crippen LogP contribution in [0.1, 0.15) is 37.1 Å². The van der Waals surface area contributed by atoms with Crippen LogP contribution in [0.3, 0.4) is 0 Å². The van der Waals surface area contributed by atoms with Crippen molar-refractivity contribution in [2.75, 3.05) is 6.54 Å². The maximum Gasteiger partial charge on any atom is 0.190 e. The highest BCUT2D eigenvalue weighted by Crippen LogP contribution is 2.32. The normalized spacial score (nSPS) is 17.4. The predicted molar refractivity (Wildman–Crippen MR) is 91.8 cm³/mol. The third kappa shape index (κ3) is 3.04. The summed E-state index contributed by atoms with van der Waals surface area (Å²) in [6.07, 6.45) is 3.50. The van der Waals surface area contributed by atoms with Crippen LogP contribution in [0.4, 0.5) is 0 Å². The van der Waals surface area contributed by atoms with E-state index in [9.17, 15) is 0 Å². The van der Waals surface area contributed by atoms with Gasteiger partial charge in [0.15, 0.2) is 5.11 Å². The molecule has 0 bridgehead atoms. The van der Waals surface area contributed by atoms with Gasteiger partial charge >= 0.3 is 0 Å². The summed E-state index contributed by atoms with van der Waals surface area (Å²) >= 11 is 5.50. The summed E-state index contributed by atoms with van der Waals surface area (Å²) in [6.45, 7) is 2.96. The van der Waals surface area contributed by atoms with Crippen LogP contribution in [0.25, 0.3) is 0 Å². The van der Waals surface area contributed by atoms with Crippen LogP contribution in [-0.2, 0) is 0 Å². The molecule has 0 amide bonds. The van der Waals surface area contributed by atoms with Crippen molar-refractivity contribution in [3.63, 3.8) is 0 Å². The van der Waals surface area contributed by atoms with E-state index in [0.29, 0.717) is 5.11 Å². The molecule has 22 heavy (non-hydrogen) atoms.